The molecule has 122 valence electrons. The molecule has 0 aromatic carbocycles. The lowest BCUT2D eigenvalue weighted by Crippen LogP contribution is -2.22. The summed E-state index contributed by atoms with van der Waals surface area (Å²) in [5.74, 6) is 1.75. The Hall–Kier alpha value is -0.550. The normalized spacial score (nSPS) is 12.3. The molecule has 1 aromatic heterocycles. The minimum absolute atomic E-state index is 0.414. The van der Waals surface area contributed by atoms with Gasteiger partial charge in [0.1, 0.15) is 5.82 Å². The number of rotatable bonds is 9. The molecule has 0 unspecified atom stereocenters. The van der Waals surface area contributed by atoms with Gasteiger partial charge in [-0.1, -0.05) is 46.4 Å². The van der Waals surface area contributed by atoms with E-state index in [-0.39, 0.29) is 0 Å². The SMILES string of the molecule is CSc1nnc(CCCNCCC(C)(C)C)n1CC(C)C. The van der Waals surface area contributed by atoms with Crippen molar-refractivity contribution in [3.05, 3.63) is 5.82 Å². The molecule has 0 saturated carbocycles. The molecule has 0 aliphatic rings. The van der Waals surface area contributed by atoms with Crippen LogP contribution in [0.1, 0.15) is 53.3 Å². The summed E-state index contributed by atoms with van der Waals surface area (Å²) in [6.45, 7) is 14.5. The van der Waals surface area contributed by atoms with E-state index in [2.05, 4.69) is 61.0 Å². The first kappa shape index (κ1) is 18.5. The minimum atomic E-state index is 0.414. The second kappa shape index (κ2) is 8.79. The van der Waals surface area contributed by atoms with Gasteiger partial charge >= 0.3 is 0 Å². The van der Waals surface area contributed by atoms with Gasteiger partial charge in [-0.3, -0.25) is 0 Å². The second-order valence-electron chi connectivity index (χ2n) is 7.27. The number of aryl methyl sites for hydroxylation is 1. The minimum Gasteiger partial charge on any atom is -0.317 e. The van der Waals surface area contributed by atoms with Crippen LogP contribution >= 0.6 is 11.8 Å². The van der Waals surface area contributed by atoms with Crippen LogP contribution in [-0.2, 0) is 13.0 Å². The smallest absolute Gasteiger partial charge is 0.190 e. The first-order valence-electron chi connectivity index (χ1n) is 8.00. The topological polar surface area (TPSA) is 42.7 Å². The summed E-state index contributed by atoms with van der Waals surface area (Å²) in [6.07, 6.45) is 5.41. The summed E-state index contributed by atoms with van der Waals surface area (Å²) in [7, 11) is 0. The van der Waals surface area contributed by atoms with Gasteiger partial charge in [0.25, 0.3) is 0 Å². The van der Waals surface area contributed by atoms with Crippen molar-refractivity contribution >= 4 is 11.8 Å². The third-order valence-electron chi connectivity index (χ3n) is 3.33. The fourth-order valence-corrected chi connectivity index (χ4v) is 2.69. The van der Waals surface area contributed by atoms with E-state index in [1.807, 2.05) is 0 Å². The molecule has 1 N–H and O–H groups in total. The van der Waals surface area contributed by atoms with Crippen molar-refractivity contribution in [2.24, 2.45) is 11.3 Å². The van der Waals surface area contributed by atoms with Gasteiger partial charge in [-0.2, -0.15) is 0 Å². The van der Waals surface area contributed by atoms with Crippen LogP contribution in [0.15, 0.2) is 5.16 Å². The monoisotopic (exact) mass is 312 g/mol. The molecule has 0 aliphatic heterocycles. The number of hydrogen-bond donors (Lipinski definition) is 1. The molecule has 0 radical (unpaired) electrons. The average molecular weight is 313 g/mol. The molecular formula is C16H32N4S. The van der Waals surface area contributed by atoms with Crippen LogP contribution in [-0.4, -0.2) is 34.1 Å². The quantitative estimate of drug-likeness (QED) is 0.559. The Morgan fingerprint density at radius 3 is 2.48 bits per heavy atom. The van der Waals surface area contributed by atoms with E-state index in [9.17, 15) is 0 Å². The summed E-state index contributed by atoms with van der Waals surface area (Å²) in [5.41, 5.74) is 0.414. The second-order valence-corrected chi connectivity index (χ2v) is 8.04. The first-order chi connectivity index (χ1) is 9.83. The Kier molecular flexibility index (Phi) is 7.74. The van der Waals surface area contributed by atoms with Crippen LogP contribution in [0.3, 0.4) is 0 Å². The van der Waals surface area contributed by atoms with Crippen LogP contribution in [0.2, 0.25) is 0 Å². The predicted molar refractivity (Wildman–Crippen MR) is 91.9 cm³/mol. The van der Waals surface area contributed by atoms with E-state index in [1.165, 1.54) is 6.42 Å². The predicted octanol–water partition coefficient (Wildman–Crippen LogP) is 3.61. The van der Waals surface area contributed by atoms with Gasteiger partial charge in [-0.25, -0.2) is 0 Å². The van der Waals surface area contributed by atoms with Gasteiger partial charge < -0.3 is 9.88 Å². The van der Waals surface area contributed by atoms with E-state index in [0.29, 0.717) is 11.3 Å². The molecule has 1 heterocycles. The molecule has 0 aliphatic carbocycles. The van der Waals surface area contributed by atoms with Crippen molar-refractivity contribution in [3.63, 3.8) is 0 Å². The van der Waals surface area contributed by atoms with Crippen LogP contribution in [0.25, 0.3) is 0 Å². The van der Waals surface area contributed by atoms with Gasteiger partial charge in [0.05, 0.1) is 0 Å². The lowest BCUT2D eigenvalue weighted by Gasteiger charge is -2.18. The zero-order chi connectivity index (χ0) is 15.9. The molecule has 1 rings (SSSR count). The lowest BCUT2D eigenvalue weighted by atomic mass is 9.92. The van der Waals surface area contributed by atoms with Crippen molar-refractivity contribution in [2.45, 2.75) is 65.6 Å². The summed E-state index contributed by atoms with van der Waals surface area (Å²) < 4.78 is 2.28. The highest BCUT2D eigenvalue weighted by Gasteiger charge is 2.12. The lowest BCUT2D eigenvalue weighted by molar-refractivity contribution is 0.366. The third-order valence-corrected chi connectivity index (χ3v) is 4.00. The standard InChI is InChI=1S/C16H32N4S/c1-13(2)12-20-14(18-19-15(20)21-6)8-7-10-17-11-9-16(3,4)5/h13,17H,7-12H2,1-6H3. The molecule has 1 aromatic rings. The van der Waals surface area contributed by atoms with Crippen molar-refractivity contribution in [2.75, 3.05) is 19.3 Å². The molecule has 21 heavy (non-hydrogen) atoms. The largest absolute Gasteiger partial charge is 0.317 e. The number of nitrogens with zero attached hydrogens (tertiary/aromatic N) is 3. The van der Waals surface area contributed by atoms with Gasteiger partial charge in [-0.15, -0.1) is 10.2 Å². The molecule has 0 fully saturated rings. The first-order valence-corrected chi connectivity index (χ1v) is 9.22. The van der Waals surface area contributed by atoms with Crippen LogP contribution in [0.5, 0.6) is 0 Å². The average Bonchev–Trinajstić information content (AvgIpc) is 2.74. The molecule has 0 saturated heterocycles. The van der Waals surface area contributed by atoms with E-state index in [1.54, 1.807) is 11.8 Å². The van der Waals surface area contributed by atoms with Crippen LogP contribution in [0.4, 0.5) is 0 Å². The maximum atomic E-state index is 4.36. The Labute approximate surface area is 134 Å². The number of hydrogen-bond acceptors (Lipinski definition) is 4. The fraction of sp³-hybridized carbons (Fsp3) is 0.875. The highest BCUT2D eigenvalue weighted by Crippen LogP contribution is 2.17. The third kappa shape index (κ3) is 7.32. The number of thioether (sulfide) groups is 1. The molecule has 0 bridgehead atoms. The van der Waals surface area contributed by atoms with Crippen LogP contribution in [0, 0.1) is 11.3 Å². The Morgan fingerprint density at radius 2 is 1.90 bits per heavy atom. The summed E-state index contributed by atoms with van der Waals surface area (Å²) >= 11 is 1.68. The van der Waals surface area contributed by atoms with Gasteiger partial charge in [0.2, 0.25) is 0 Å². The van der Waals surface area contributed by atoms with Gasteiger partial charge in [0, 0.05) is 13.0 Å². The Bertz CT molecular complexity index is 407. The van der Waals surface area contributed by atoms with E-state index in [0.717, 1.165) is 43.5 Å². The van der Waals surface area contributed by atoms with Gasteiger partial charge in [0.15, 0.2) is 5.16 Å². The Morgan fingerprint density at radius 1 is 1.19 bits per heavy atom. The van der Waals surface area contributed by atoms with Crippen molar-refractivity contribution in [3.8, 4) is 0 Å². The van der Waals surface area contributed by atoms with Crippen molar-refractivity contribution in [1.82, 2.24) is 20.1 Å². The molecule has 0 atom stereocenters. The molecule has 5 heteroatoms. The summed E-state index contributed by atoms with van der Waals surface area (Å²) in [4.78, 5) is 0. The molecule has 0 spiro atoms. The van der Waals surface area contributed by atoms with Gasteiger partial charge in [-0.05, 0) is 43.5 Å². The van der Waals surface area contributed by atoms with Crippen molar-refractivity contribution < 1.29 is 0 Å². The highest BCUT2D eigenvalue weighted by molar-refractivity contribution is 7.98. The fourth-order valence-electron chi connectivity index (χ4n) is 2.16. The highest BCUT2D eigenvalue weighted by atomic mass is 32.2. The summed E-state index contributed by atoms with van der Waals surface area (Å²) in [5, 5.41) is 13.2. The zero-order valence-electron chi connectivity index (χ0n) is 14.6. The maximum absolute atomic E-state index is 4.36. The van der Waals surface area contributed by atoms with Crippen LogP contribution < -0.4 is 5.32 Å². The number of nitrogens with one attached hydrogen (secondary N) is 1. The van der Waals surface area contributed by atoms with E-state index in [4.69, 9.17) is 0 Å². The molecule has 4 nitrogen and oxygen atoms in total. The summed E-state index contributed by atoms with van der Waals surface area (Å²) in [6, 6.07) is 0. The maximum Gasteiger partial charge on any atom is 0.190 e. The number of aromatic nitrogens is 3. The Balaban J connectivity index is 2.36. The van der Waals surface area contributed by atoms with E-state index >= 15 is 0 Å². The zero-order valence-corrected chi connectivity index (χ0v) is 15.4. The van der Waals surface area contributed by atoms with Crippen molar-refractivity contribution in [1.29, 1.82) is 0 Å². The molecular weight excluding hydrogens is 280 g/mol. The molecule has 0 amide bonds. The van der Waals surface area contributed by atoms with E-state index < -0.39 is 0 Å².